The van der Waals surface area contributed by atoms with Gasteiger partial charge in [0, 0.05) is 41.1 Å². The van der Waals surface area contributed by atoms with E-state index < -0.39 is 5.92 Å². The molecule has 2 N–H and O–H groups in total. The molecule has 0 saturated heterocycles. The zero-order chi connectivity index (χ0) is 22.0. The first-order chi connectivity index (χ1) is 15.0. The average Bonchev–Trinajstić information content (AvgIpc) is 2.74. The van der Waals surface area contributed by atoms with Crippen LogP contribution in [0.25, 0.3) is 0 Å². The van der Waals surface area contributed by atoms with Crippen LogP contribution in [0.4, 0.5) is 5.82 Å². The van der Waals surface area contributed by atoms with Crippen LogP contribution in [0.1, 0.15) is 45.1 Å². The molecule has 0 saturated carbocycles. The molecule has 2 aromatic rings. The number of hydrogen-bond acceptors (Lipinski definition) is 5. The Hall–Kier alpha value is -3.41. The molecule has 1 aromatic carbocycles. The van der Waals surface area contributed by atoms with Crippen LogP contribution in [0, 0.1) is 5.92 Å². The number of ketones is 1. The van der Waals surface area contributed by atoms with Gasteiger partial charge in [-0.2, -0.15) is 0 Å². The Kier molecular flexibility index (Phi) is 5.89. The predicted molar refractivity (Wildman–Crippen MR) is 119 cm³/mol. The van der Waals surface area contributed by atoms with Crippen molar-refractivity contribution in [1.82, 2.24) is 10.3 Å². The first-order valence-electron chi connectivity index (χ1n) is 10.7. The topological polar surface area (TPSA) is 80.3 Å². The van der Waals surface area contributed by atoms with E-state index in [0.717, 1.165) is 29.1 Å². The Morgan fingerprint density at radius 3 is 2.65 bits per heavy atom. The Balaban J connectivity index is 1.77. The number of rotatable bonds is 5. The SMILES string of the molecule is CCOc1ccc([C@H]2C(C(=O)Nc3ccccn3)=C(C)NC3=C2C(=O)C[C@@H](C)C3)cc1. The third-order valence-corrected chi connectivity index (χ3v) is 5.71. The molecule has 4 rings (SSSR count). The van der Waals surface area contributed by atoms with Crippen LogP contribution in [0.5, 0.6) is 5.75 Å². The molecule has 2 atom stereocenters. The van der Waals surface area contributed by atoms with Gasteiger partial charge < -0.3 is 15.4 Å². The van der Waals surface area contributed by atoms with Gasteiger partial charge in [0.2, 0.25) is 0 Å². The summed E-state index contributed by atoms with van der Waals surface area (Å²) < 4.78 is 5.57. The quantitative estimate of drug-likeness (QED) is 0.757. The number of ether oxygens (including phenoxy) is 1. The Bertz CT molecular complexity index is 1060. The maximum absolute atomic E-state index is 13.4. The van der Waals surface area contributed by atoms with E-state index in [2.05, 4.69) is 22.5 Å². The standard InChI is InChI=1S/C25H27N3O3/c1-4-31-18-10-8-17(9-11-18)23-22(25(30)28-21-7-5-6-12-26-21)16(3)27-19-13-15(2)14-20(29)24(19)23/h5-12,15,23,27H,4,13-14H2,1-3H3,(H,26,28,30)/t15-,23-/m0/s1. The minimum Gasteiger partial charge on any atom is -0.494 e. The van der Waals surface area contributed by atoms with E-state index >= 15 is 0 Å². The Labute approximate surface area is 182 Å². The van der Waals surface area contributed by atoms with Gasteiger partial charge in [0.15, 0.2) is 5.78 Å². The number of Topliss-reactive ketones (excluding diaryl/α,β-unsaturated/α-hetero) is 1. The summed E-state index contributed by atoms with van der Waals surface area (Å²) in [7, 11) is 0. The molecule has 2 aliphatic rings. The first-order valence-corrected chi connectivity index (χ1v) is 10.7. The van der Waals surface area contributed by atoms with Crippen molar-refractivity contribution >= 4 is 17.5 Å². The van der Waals surface area contributed by atoms with Gasteiger partial charge in [0.25, 0.3) is 5.91 Å². The fourth-order valence-electron chi connectivity index (χ4n) is 4.41. The van der Waals surface area contributed by atoms with Crippen molar-refractivity contribution in [3.05, 3.63) is 76.8 Å². The first kappa shape index (κ1) is 20.8. The monoisotopic (exact) mass is 417 g/mol. The van der Waals surface area contributed by atoms with Gasteiger partial charge in [-0.25, -0.2) is 4.98 Å². The summed E-state index contributed by atoms with van der Waals surface area (Å²) in [6.45, 7) is 6.49. The zero-order valence-electron chi connectivity index (χ0n) is 18.1. The number of carbonyl (C=O) groups is 2. The maximum Gasteiger partial charge on any atom is 0.255 e. The van der Waals surface area contributed by atoms with Gasteiger partial charge in [-0.05, 0) is 56.0 Å². The second kappa shape index (κ2) is 8.76. The largest absolute Gasteiger partial charge is 0.494 e. The number of carbonyl (C=O) groups excluding carboxylic acids is 2. The summed E-state index contributed by atoms with van der Waals surface area (Å²) in [5.74, 6) is 0.906. The molecule has 6 nitrogen and oxygen atoms in total. The van der Waals surface area contributed by atoms with Crippen molar-refractivity contribution in [2.75, 3.05) is 11.9 Å². The summed E-state index contributed by atoms with van der Waals surface area (Å²) in [6.07, 6.45) is 2.91. The summed E-state index contributed by atoms with van der Waals surface area (Å²) in [6, 6.07) is 13.0. The lowest BCUT2D eigenvalue weighted by atomic mass is 9.73. The fraction of sp³-hybridized carbons (Fsp3) is 0.320. The molecule has 6 heteroatoms. The molecule has 0 radical (unpaired) electrons. The van der Waals surface area contributed by atoms with Crippen molar-refractivity contribution in [3.63, 3.8) is 0 Å². The van der Waals surface area contributed by atoms with Crippen LogP contribution in [0.2, 0.25) is 0 Å². The third-order valence-electron chi connectivity index (χ3n) is 5.71. The Morgan fingerprint density at radius 2 is 1.97 bits per heavy atom. The van der Waals surface area contributed by atoms with Crippen molar-refractivity contribution in [2.45, 2.75) is 39.5 Å². The second-order valence-electron chi connectivity index (χ2n) is 8.10. The molecule has 0 spiro atoms. The lowest BCUT2D eigenvalue weighted by Crippen LogP contribution is -2.37. The molecule has 1 aliphatic heterocycles. The number of aromatic nitrogens is 1. The smallest absolute Gasteiger partial charge is 0.255 e. The van der Waals surface area contributed by atoms with E-state index in [-0.39, 0.29) is 17.6 Å². The van der Waals surface area contributed by atoms with E-state index in [1.807, 2.05) is 44.2 Å². The molecular formula is C25H27N3O3. The highest BCUT2D eigenvalue weighted by atomic mass is 16.5. The minimum atomic E-state index is -0.435. The minimum absolute atomic E-state index is 0.0933. The van der Waals surface area contributed by atoms with Gasteiger partial charge >= 0.3 is 0 Å². The van der Waals surface area contributed by atoms with Gasteiger partial charge in [-0.3, -0.25) is 9.59 Å². The van der Waals surface area contributed by atoms with Crippen LogP contribution < -0.4 is 15.4 Å². The van der Waals surface area contributed by atoms with E-state index in [1.54, 1.807) is 18.3 Å². The highest BCUT2D eigenvalue weighted by Gasteiger charge is 2.39. The van der Waals surface area contributed by atoms with Crippen molar-refractivity contribution in [3.8, 4) is 5.75 Å². The number of hydrogen-bond donors (Lipinski definition) is 2. The number of amides is 1. The number of allylic oxidation sites excluding steroid dienone is 3. The molecule has 0 unspecified atom stereocenters. The fourth-order valence-corrected chi connectivity index (χ4v) is 4.41. The Morgan fingerprint density at radius 1 is 1.19 bits per heavy atom. The molecule has 1 aliphatic carbocycles. The van der Waals surface area contributed by atoms with Gasteiger partial charge in [-0.1, -0.05) is 25.1 Å². The lowest BCUT2D eigenvalue weighted by molar-refractivity contribution is -0.117. The highest BCUT2D eigenvalue weighted by Crippen LogP contribution is 2.43. The lowest BCUT2D eigenvalue weighted by Gasteiger charge is -2.36. The maximum atomic E-state index is 13.4. The van der Waals surface area contributed by atoms with Crippen LogP contribution in [0.3, 0.4) is 0 Å². The summed E-state index contributed by atoms with van der Waals surface area (Å²) in [4.78, 5) is 30.7. The van der Waals surface area contributed by atoms with Crippen LogP contribution >= 0.6 is 0 Å². The van der Waals surface area contributed by atoms with Crippen LogP contribution in [0.15, 0.2) is 71.2 Å². The third kappa shape index (κ3) is 4.24. The second-order valence-corrected chi connectivity index (χ2v) is 8.10. The molecule has 0 fully saturated rings. The highest BCUT2D eigenvalue weighted by molar-refractivity contribution is 6.09. The predicted octanol–water partition coefficient (Wildman–Crippen LogP) is 4.33. The van der Waals surface area contributed by atoms with Crippen molar-refractivity contribution in [1.29, 1.82) is 0 Å². The normalized spacial score (nSPS) is 20.8. The van der Waals surface area contributed by atoms with Gasteiger partial charge in [-0.15, -0.1) is 0 Å². The number of pyridine rings is 1. The molecular weight excluding hydrogens is 390 g/mol. The van der Waals surface area contributed by atoms with Crippen LogP contribution in [-0.4, -0.2) is 23.3 Å². The van der Waals surface area contributed by atoms with Gasteiger partial charge in [0.1, 0.15) is 11.6 Å². The zero-order valence-corrected chi connectivity index (χ0v) is 18.1. The number of nitrogens with one attached hydrogen (secondary N) is 2. The average molecular weight is 418 g/mol. The van der Waals surface area contributed by atoms with Crippen LogP contribution in [-0.2, 0) is 9.59 Å². The molecule has 31 heavy (non-hydrogen) atoms. The van der Waals surface area contributed by atoms with E-state index in [9.17, 15) is 9.59 Å². The number of dihydropyridines is 1. The van der Waals surface area contributed by atoms with Gasteiger partial charge in [0.05, 0.1) is 6.61 Å². The van der Waals surface area contributed by atoms with E-state index in [1.165, 1.54) is 0 Å². The summed E-state index contributed by atoms with van der Waals surface area (Å²) in [5, 5.41) is 6.25. The number of benzene rings is 1. The van der Waals surface area contributed by atoms with E-state index in [0.29, 0.717) is 30.0 Å². The van der Waals surface area contributed by atoms with E-state index in [4.69, 9.17) is 4.74 Å². The van der Waals surface area contributed by atoms with Crippen molar-refractivity contribution in [2.24, 2.45) is 5.92 Å². The molecule has 2 heterocycles. The molecule has 1 aromatic heterocycles. The summed E-state index contributed by atoms with van der Waals surface area (Å²) in [5.41, 5.74) is 3.81. The molecule has 160 valence electrons. The van der Waals surface area contributed by atoms with Crippen molar-refractivity contribution < 1.29 is 14.3 Å². The molecule has 0 bridgehead atoms. The number of nitrogens with zero attached hydrogens (tertiary/aromatic N) is 1. The number of anilines is 1. The molecule has 1 amide bonds. The summed E-state index contributed by atoms with van der Waals surface area (Å²) >= 11 is 0.